The van der Waals surface area contributed by atoms with E-state index in [9.17, 15) is 4.79 Å². The Bertz CT molecular complexity index is 1960. The molecular weight excluding hydrogens is 538 g/mol. The van der Waals surface area contributed by atoms with Crippen molar-refractivity contribution >= 4 is 51.1 Å². The van der Waals surface area contributed by atoms with Crippen molar-refractivity contribution in [3.8, 4) is 11.4 Å². The van der Waals surface area contributed by atoms with Gasteiger partial charge in [0.15, 0.2) is 5.65 Å². The van der Waals surface area contributed by atoms with Gasteiger partial charge in [0, 0.05) is 24.5 Å². The fourth-order valence-electron chi connectivity index (χ4n) is 5.03. The number of aromatic nitrogens is 5. The number of hydrogen-bond acceptors (Lipinski definition) is 7. The molecule has 2 N–H and O–H groups in total. The number of ether oxygens (including phenoxy) is 1. The summed E-state index contributed by atoms with van der Waals surface area (Å²) in [5.41, 5.74) is 5.27. The normalized spacial score (nSPS) is 11.7. The van der Waals surface area contributed by atoms with Crippen LogP contribution in [0.5, 0.6) is 5.75 Å². The van der Waals surface area contributed by atoms with Crippen molar-refractivity contribution < 1.29 is 4.74 Å². The number of imidazole rings is 1. The van der Waals surface area contributed by atoms with Crippen LogP contribution in [-0.2, 0) is 0 Å². The van der Waals surface area contributed by atoms with Gasteiger partial charge in [0.25, 0.3) is 5.56 Å². The molecule has 0 unspecified atom stereocenters. The molecule has 10 heteroatoms. The smallest absolute Gasteiger partial charge is 0.270 e. The van der Waals surface area contributed by atoms with Gasteiger partial charge in [0.1, 0.15) is 17.7 Å². The first kappa shape index (κ1) is 26.7. The van der Waals surface area contributed by atoms with Gasteiger partial charge in [-0.25, -0.2) is 14.5 Å². The van der Waals surface area contributed by atoms with Crippen molar-refractivity contribution in [2.24, 2.45) is 0 Å². The zero-order chi connectivity index (χ0) is 28.7. The molecule has 0 aliphatic rings. The quantitative estimate of drug-likeness (QED) is 0.219. The van der Waals surface area contributed by atoms with Crippen LogP contribution in [0, 0.1) is 13.8 Å². The monoisotopic (exact) mass is 567 g/mol. The van der Waals surface area contributed by atoms with E-state index in [1.54, 1.807) is 16.8 Å². The summed E-state index contributed by atoms with van der Waals surface area (Å²) >= 11 is 6.50. The Balaban J connectivity index is 1.44. The average Bonchev–Trinajstić information content (AvgIpc) is 3.33. The van der Waals surface area contributed by atoms with Crippen molar-refractivity contribution in [3.05, 3.63) is 93.4 Å². The zero-order valence-corrected chi connectivity index (χ0v) is 24.0. The molecule has 9 nitrogen and oxygen atoms in total. The number of halogens is 1. The van der Waals surface area contributed by atoms with Gasteiger partial charge in [-0.05, 0) is 55.3 Å². The van der Waals surface area contributed by atoms with E-state index < -0.39 is 0 Å². The van der Waals surface area contributed by atoms with Crippen LogP contribution in [0.25, 0.3) is 33.5 Å². The van der Waals surface area contributed by atoms with Crippen LogP contribution >= 0.6 is 11.6 Å². The molecule has 0 radical (unpaired) electrons. The molecule has 0 amide bonds. The van der Waals surface area contributed by atoms with Crippen molar-refractivity contribution in [3.63, 3.8) is 0 Å². The van der Waals surface area contributed by atoms with Crippen LogP contribution in [0.2, 0.25) is 5.02 Å². The fourth-order valence-corrected chi connectivity index (χ4v) is 5.27. The summed E-state index contributed by atoms with van der Waals surface area (Å²) in [5.74, 6) is 1.41. The molecule has 0 spiro atoms. The van der Waals surface area contributed by atoms with Gasteiger partial charge < -0.3 is 15.4 Å². The molecule has 0 bridgehead atoms. The van der Waals surface area contributed by atoms with E-state index >= 15 is 0 Å². The topological polar surface area (TPSA) is 98.4 Å². The molecule has 0 aliphatic carbocycles. The second-order valence-electron chi connectivity index (χ2n) is 10.3. The summed E-state index contributed by atoms with van der Waals surface area (Å²) in [7, 11) is 0. The van der Waals surface area contributed by atoms with Crippen molar-refractivity contribution in [1.29, 1.82) is 0 Å². The zero-order valence-electron chi connectivity index (χ0n) is 23.3. The first-order valence-electron chi connectivity index (χ1n) is 13.5. The third-order valence-corrected chi connectivity index (χ3v) is 7.22. The third-order valence-electron chi connectivity index (χ3n) is 6.92. The molecule has 3 aromatic carbocycles. The summed E-state index contributed by atoms with van der Waals surface area (Å²) < 4.78 is 9.39. The number of nitrogens with zero attached hydrogens (tertiary/aromatic N) is 5. The number of anilines is 2. The second kappa shape index (κ2) is 10.8. The largest absolute Gasteiger partial charge is 0.491 e. The maximum atomic E-state index is 14.0. The lowest BCUT2D eigenvalue weighted by Gasteiger charge is -2.15. The third kappa shape index (κ3) is 4.98. The highest BCUT2D eigenvalue weighted by Gasteiger charge is 2.20. The number of nitrogens with one attached hydrogen (secondary N) is 2. The maximum absolute atomic E-state index is 14.0. The lowest BCUT2D eigenvalue weighted by atomic mass is 10.1. The predicted octanol–water partition coefficient (Wildman–Crippen LogP) is 5.97. The van der Waals surface area contributed by atoms with E-state index in [0.717, 1.165) is 34.4 Å². The van der Waals surface area contributed by atoms with Crippen LogP contribution in [-0.4, -0.2) is 43.1 Å². The summed E-state index contributed by atoms with van der Waals surface area (Å²) in [4.78, 5) is 28.2. The fraction of sp³-hybridized carbons (Fsp3) is 0.226. The summed E-state index contributed by atoms with van der Waals surface area (Å²) in [5, 5.41) is 7.38. The molecule has 0 atom stereocenters. The average molecular weight is 568 g/mol. The number of fused-ring (bicyclic) bond motifs is 5. The lowest BCUT2D eigenvalue weighted by molar-refractivity contribution is 0.309. The molecule has 0 fully saturated rings. The number of hydrogen-bond donors (Lipinski definition) is 2. The van der Waals surface area contributed by atoms with E-state index in [2.05, 4.69) is 29.5 Å². The van der Waals surface area contributed by atoms with Gasteiger partial charge >= 0.3 is 0 Å². The molecule has 6 aromatic rings. The number of benzene rings is 3. The minimum atomic E-state index is -0.233. The van der Waals surface area contributed by atoms with Gasteiger partial charge in [-0.2, -0.15) is 4.98 Å². The van der Waals surface area contributed by atoms with E-state index in [0.29, 0.717) is 51.9 Å². The molecule has 0 aliphatic heterocycles. The first-order chi connectivity index (χ1) is 19.8. The summed E-state index contributed by atoms with van der Waals surface area (Å²) in [6.07, 6.45) is 1.56. The molecule has 41 heavy (non-hydrogen) atoms. The molecule has 208 valence electrons. The predicted molar refractivity (Wildman–Crippen MR) is 164 cm³/mol. The van der Waals surface area contributed by atoms with Gasteiger partial charge in [-0.15, -0.1) is 0 Å². The van der Waals surface area contributed by atoms with Crippen molar-refractivity contribution in [1.82, 2.24) is 29.2 Å². The van der Waals surface area contributed by atoms with Crippen LogP contribution in [0.1, 0.15) is 25.0 Å². The van der Waals surface area contributed by atoms with Crippen LogP contribution < -0.4 is 20.9 Å². The highest BCUT2D eigenvalue weighted by atomic mass is 35.5. The van der Waals surface area contributed by atoms with Gasteiger partial charge in [0.05, 0.1) is 21.7 Å². The molecule has 6 rings (SSSR count). The Kier molecular flexibility index (Phi) is 7.07. The van der Waals surface area contributed by atoms with Crippen LogP contribution in [0.3, 0.4) is 0 Å². The first-order valence-corrected chi connectivity index (χ1v) is 13.9. The Labute approximate surface area is 241 Å². The molecule has 0 saturated heterocycles. The van der Waals surface area contributed by atoms with E-state index in [1.165, 1.54) is 0 Å². The highest BCUT2D eigenvalue weighted by molar-refractivity contribution is 6.32. The van der Waals surface area contributed by atoms with E-state index in [-0.39, 0.29) is 5.56 Å². The molecular formula is C31H30ClN7O2. The van der Waals surface area contributed by atoms with E-state index in [1.807, 2.05) is 72.8 Å². The minimum Gasteiger partial charge on any atom is -0.491 e. The Morgan fingerprint density at radius 1 is 1.00 bits per heavy atom. The Morgan fingerprint density at radius 3 is 2.54 bits per heavy atom. The SMILES string of the molecule is Cc1cccc(C)c1-n1c(=O)c2cnc(Nc3ccc(OCCNC(C)C)c(Cl)c3)nc2n2c3ccccc3nc12. The second-order valence-corrected chi connectivity index (χ2v) is 10.7. The van der Waals surface area contributed by atoms with Gasteiger partial charge in [0.2, 0.25) is 11.7 Å². The van der Waals surface area contributed by atoms with Gasteiger partial charge in [-0.3, -0.25) is 9.20 Å². The molecule has 0 saturated carbocycles. The van der Waals surface area contributed by atoms with E-state index in [4.69, 9.17) is 26.3 Å². The minimum absolute atomic E-state index is 0.233. The van der Waals surface area contributed by atoms with Crippen LogP contribution in [0.4, 0.5) is 11.6 Å². The summed E-state index contributed by atoms with van der Waals surface area (Å²) in [6, 6.07) is 19.6. The molecule has 3 aromatic heterocycles. The number of rotatable bonds is 8. The Hall–Kier alpha value is -4.47. The Morgan fingerprint density at radius 2 is 1.78 bits per heavy atom. The lowest BCUT2D eigenvalue weighted by Crippen LogP contribution is -2.27. The van der Waals surface area contributed by atoms with Crippen molar-refractivity contribution in [2.75, 3.05) is 18.5 Å². The van der Waals surface area contributed by atoms with Crippen LogP contribution in [0.15, 0.2) is 71.7 Å². The van der Waals surface area contributed by atoms with Gasteiger partial charge in [-0.1, -0.05) is 55.8 Å². The summed E-state index contributed by atoms with van der Waals surface area (Å²) in [6.45, 7) is 9.39. The number of aryl methyl sites for hydroxylation is 2. The van der Waals surface area contributed by atoms with Crippen molar-refractivity contribution in [2.45, 2.75) is 33.7 Å². The molecule has 3 heterocycles. The maximum Gasteiger partial charge on any atom is 0.270 e. The standard InChI is InChI=1S/C31H30ClN7O2/c1-18(2)33-14-15-41-26-13-12-21(16-23(26)32)35-30-34-17-22-28(37-30)38-25-11-6-5-10-24(25)36-31(38)39(29(22)40)27-19(3)8-7-9-20(27)4/h5-13,16-18,33H,14-15H2,1-4H3,(H,34,35,37). The number of para-hydroxylation sites is 3. The highest BCUT2D eigenvalue weighted by Crippen LogP contribution is 2.30.